The molecule has 2 N–H and O–H groups in total. The summed E-state index contributed by atoms with van der Waals surface area (Å²) in [6, 6.07) is 7.14. The summed E-state index contributed by atoms with van der Waals surface area (Å²) in [6.07, 6.45) is 2.41. The molecule has 0 saturated heterocycles. The molecule has 0 saturated carbocycles. The molecule has 0 spiro atoms. The molecule has 0 aliphatic heterocycles. The topological polar surface area (TPSA) is 87.7 Å². The van der Waals surface area contributed by atoms with Gasteiger partial charge in [-0.1, -0.05) is 30.8 Å². The van der Waals surface area contributed by atoms with Crippen molar-refractivity contribution in [3.63, 3.8) is 0 Å². The summed E-state index contributed by atoms with van der Waals surface area (Å²) >= 11 is 1.10. The van der Waals surface area contributed by atoms with Gasteiger partial charge >= 0.3 is 0 Å². The van der Waals surface area contributed by atoms with Crippen LogP contribution in [0.15, 0.2) is 29.1 Å². The molecule has 6 nitrogen and oxygen atoms in total. The van der Waals surface area contributed by atoms with Crippen molar-refractivity contribution >= 4 is 34.0 Å². The van der Waals surface area contributed by atoms with E-state index in [9.17, 15) is 9.59 Å². The van der Waals surface area contributed by atoms with Crippen molar-refractivity contribution in [3.8, 4) is 0 Å². The van der Waals surface area contributed by atoms with E-state index in [0.717, 1.165) is 47.4 Å². The molecule has 2 heterocycles. The predicted molar refractivity (Wildman–Crippen MR) is 95.8 cm³/mol. The number of hydrogen-bond acceptors (Lipinski definition) is 5. The normalized spacial score (nSPS) is 10.9. The van der Waals surface area contributed by atoms with Crippen LogP contribution in [0.1, 0.15) is 41.2 Å². The number of H-pyrrole nitrogens is 1. The van der Waals surface area contributed by atoms with Crippen LogP contribution in [0.4, 0.5) is 5.69 Å². The Labute approximate surface area is 143 Å². The minimum absolute atomic E-state index is 0.139. The third kappa shape index (κ3) is 3.21. The molecule has 124 valence electrons. The molecule has 0 aliphatic carbocycles. The molecule has 0 unspecified atom stereocenters. The van der Waals surface area contributed by atoms with Crippen LogP contribution in [0.3, 0.4) is 0 Å². The summed E-state index contributed by atoms with van der Waals surface area (Å²) in [5.41, 5.74) is 2.92. The molecular formula is C17H18N4O2S. The second kappa shape index (κ2) is 6.92. The van der Waals surface area contributed by atoms with Crippen LogP contribution in [0.5, 0.6) is 0 Å². The SMILES string of the molecule is CCCc1nnsc1C(=O)Nc1ccc2c(CC)cc(=O)[nH]c2c1. The first-order chi connectivity index (χ1) is 11.6. The lowest BCUT2D eigenvalue weighted by Gasteiger charge is -2.08. The van der Waals surface area contributed by atoms with Crippen molar-refractivity contribution in [2.45, 2.75) is 33.1 Å². The van der Waals surface area contributed by atoms with Crippen molar-refractivity contribution in [2.75, 3.05) is 5.32 Å². The third-order valence-corrected chi connectivity index (χ3v) is 4.58. The van der Waals surface area contributed by atoms with E-state index in [1.807, 2.05) is 26.0 Å². The molecule has 0 atom stereocenters. The van der Waals surface area contributed by atoms with Gasteiger partial charge in [-0.25, -0.2) is 0 Å². The second-order valence-electron chi connectivity index (χ2n) is 5.53. The number of nitrogens with one attached hydrogen (secondary N) is 2. The zero-order valence-electron chi connectivity index (χ0n) is 13.5. The Morgan fingerprint density at radius 1 is 1.29 bits per heavy atom. The Morgan fingerprint density at radius 2 is 2.12 bits per heavy atom. The average molecular weight is 342 g/mol. The summed E-state index contributed by atoms with van der Waals surface area (Å²) in [6.45, 7) is 4.04. The van der Waals surface area contributed by atoms with Crippen molar-refractivity contribution in [2.24, 2.45) is 0 Å². The van der Waals surface area contributed by atoms with E-state index in [1.165, 1.54) is 0 Å². The standard InChI is InChI=1S/C17H18N4O2S/c1-3-5-13-16(24-21-20-13)17(23)18-11-6-7-12-10(4-2)8-15(22)19-14(12)9-11/h6-9H,3-5H2,1-2H3,(H,18,23)(H,19,22). The number of hydrogen-bond donors (Lipinski definition) is 2. The summed E-state index contributed by atoms with van der Waals surface area (Å²) in [4.78, 5) is 27.5. The number of carbonyl (C=O) groups is 1. The maximum Gasteiger partial charge on any atom is 0.269 e. The molecular weight excluding hydrogens is 324 g/mol. The van der Waals surface area contributed by atoms with Crippen LogP contribution in [0, 0.1) is 0 Å². The van der Waals surface area contributed by atoms with Crippen LogP contribution >= 0.6 is 11.5 Å². The molecule has 1 amide bonds. The number of aryl methyl sites for hydroxylation is 2. The fourth-order valence-corrected chi connectivity index (χ4v) is 3.28. The van der Waals surface area contributed by atoms with E-state index in [4.69, 9.17) is 0 Å². The van der Waals surface area contributed by atoms with Gasteiger partial charge in [-0.15, -0.1) is 5.10 Å². The maximum atomic E-state index is 12.4. The van der Waals surface area contributed by atoms with E-state index in [1.54, 1.807) is 12.1 Å². The predicted octanol–water partition coefficient (Wildman–Crippen LogP) is 3.15. The van der Waals surface area contributed by atoms with Gasteiger partial charge < -0.3 is 10.3 Å². The summed E-state index contributed by atoms with van der Waals surface area (Å²) in [5, 5.41) is 7.86. The highest BCUT2D eigenvalue weighted by molar-refractivity contribution is 7.08. The number of rotatable bonds is 5. The van der Waals surface area contributed by atoms with Gasteiger partial charge in [-0.2, -0.15) is 0 Å². The fraction of sp³-hybridized carbons (Fsp3) is 0.294. The number of aromatic amines is 1. The first kappa shape index (κ1) is 16.3. The van der Waals surface area contributed by atoms with Crippen LogP contribution in [0.2, 0.25) is 0 Å². The Morgan fingerprint density at radius 3 is 2.88 bits per heavy atom. The van der Waals surface area contributed by atoms with Crippen LogP contribution in [0.25, 0.3) is 10.9 Å². The lowest BCUT2D eigenvalue weighted by Crippen LogP contribution is -2.13. The Bertz CT molecular complexity index is 945. The largest absolute Gasteiger partial charge is 0.322 e. The molecule has 0 radical (unpaired) electrons. The van der Waals surface area contributed by atoms with Gasteiger partial charge in [0.05, 0.1) is 11.2 Å². The number of anilines is 1. The van der Waals surface area contributed by atoms with Gasteiger partial charge in [0.15, 0.2) is 0 Å². The van der Waals surface area contributed by atoms with E-state index < -0.39 is 0 Å². The number of nitrogens with zero attached hydrogens (tertiary/aromatic N) is 2. The van der Waals surface area contributed by atoms with Crippen LogP contribution in [-0.4, -0.2) is 20.5 Å². The van der Waals surface area contributed by atoms with Gasteiger partial charge in [-0.05, 0) is 42.1 Å². The zero-order chi connectivity index (χ0) is 17.1. The number of aromatic nitrogens is 3. The van der Waals surface area contributed by atoms with Crippen molar-refractivity contribution in [1.29, 1.82) is 0 Å². The molecule has 1 aromatic carbocycles. The number of benzene rings is 1. The minimum Gasteiger partial charge on any atom is -0.322 e. The lowest BCUT2D eigenvalue weighted by atomic mass is 10.1. The average Bonchev–Trinajstić information content (AvgIpc) is 3.02. The molecule has 7 heteroatoms. The molecule has 0 bridgehead atoms. The quantitative estimate of drug-likeness (QED) is 0.745. The van der Waals surface area contributed by atoms with E-state index in [-0.39, 0.29) is 11.5 Å². The van der Waals surface area contributed by atoms with E-state index >= 15 is 0 Å². The monoisotopic (exact) mass is 342 g/mol. The Balaban J connectivity index is 1.91. The van der Waals surface area contributed by atoms with Crippen molar-refractivity contribution in [1.82, 2.24) is 14.6 Å². The minimum atomic E-state index is -0.221. The second-order valence-corrected chi connectivity index (χ2v) is 6.28. The molecule has 2 aromatic heterocycles. The molecule has 3 rings (SSSR count). The highest BCUT2D eigenvalue weighted by Crippen LogP contribution is 2.21. The first-order valence-electron chi connectivity index (χ1n) is 7.91. The molecule has 3 aromatic rings. The zero-order valence-corrected chi connectivity index (χ0v) is 14.4. The van der Waals surface area contributed by atoms with E-state index in [0.29, 0.717) is 16.1 Å². The van der Waals surface area contributed by atoms with Gasteiger partial charge in [0, 0.05) is 17.1 Å². The van der Waals surface area contributed by atoms with Gasteiger partial charge in [0.2, 0.25) is 5.56 Å². The van der Waals surface area contributed by atoms with E-state index in [2.05, 4.69) is 19.9 Å². The Kier molecular flexibility index (Phi) is 4.71. The summed E-state index contributed by atoms with van der Waals surface area (Å²) in [7, 11) is 0. The molecule has 24 heavy (non-hydrogen) atoms. The van der Waals surface area contributed by atoms with Crippen LogP contribution < -0.4 is 10.9 Å². The number of fused-ring (bicyclic) bond motifs is 1. The van der Waals surface area contributed by atoms with Gasteiger partial charge in [0.1, 0.15) is 4.88 Å². The molecule has 0 aliphatic rings. The van der Waals surface area contributed by atoms with Crippen LogP contribution in [-0.2, 0) is 12.8 Å². The number of pyridine rings is 1. The first-order valence-corrected chi connectivity index (χ1v) is 8.68. The smallest absolute Gasteiger partial charge is 0.269 e. The van der Waals surface area contributed by atoms with Gasteiger partial charge in [-0.3, -0.25) is 9.59 Å². The molecule has 0 fully saturated rings. The fourth-order valence-electron chi connectivity index (χ4n) is 2.67. The Hall–Kier alpha value is -2.54. The van der Waals surface area contributed by atoms with Crippen molar-refractivity contribution < 1.29 is 4.79 Å². The maximum absolute atomic E-state index is 12.4. The highest BCUT2D eigenvalue weighted by Gasteiger charge is 2.16. The van der Waals surface area contributed by atoms with Gasteiger partial charge in [0.25, 0.3) is 5.91 Å². The highest BCUT2D eigenvalue weighted by atomic mass is 32.1. The number of amides is 1. The summed E-state index contributed by atoms with van der Waals surface area (Å²) < 4.78 is 3.87. The third-order valence-electron chi connectivity index (χ3n) is 3.82. The van der Waals surface area contributed by atoms with Crippen molar-refractivity contribution in [3.05, 3.63) is 50.8 Å². The number of carbonyl (C=O) groups excluding carboxylic acids is 1. The lowest BCUT2D eigenvalue weighted by molar-refractivity contribution is 0.102. The summed E-state index contributed by atoms with van der Waals surface area (Å²) in [5.74, 6) is -0.221.